The number of rotatable bonds is 7. The summed E-state index contributed by atoms with van der Waals surface area (Å²) in [7, 11) is 15.4. The first-order chi connectivity index (χ1) is 6.89. The zero-order chi connectivity index (χ0) is 12.1. The van der Waals surface area contributed by atoms with E-state index in [1.54, 1.807) is 0 Å². The van der Waals surface area contributed by atoms with Crippen molar-refractivity contribution in [1.82, 2.24) is 14.7 Å². The van der Waals surface area contributed by atoms with Crippen LogP contribution in [-0.2, 0) is 0 Å². The zero-order valence-electron chi connectivity index (χ0n) is 11.5. The van der Waals surface area contributed by atoms with Gasteiger partial charge in [-0.1, -0.05) is 0 Å². The van der Waals surface area contributed by atoms with E-state index in [1.165, 1.54) is 10.9 Å². The molecule has 0 heterocycles. The van der Waals surface area contributed by atoms with Gasteiger partial charge in [0, 0.05) is 0 Å². The van der Waals surface area contributed by atoms with E-state index >= 15 is 0 Å². The first-order valence-electron chi connectivity index (χ1n) is 5.56. The normalized spacial score (nSPS) is 13.2. The Kier molecular flexibility index (Phi) is 7.36. The van der Waals surface area contributed by atoms with Gasteiger partial charge >= 0.3 is 101 Å². The molecule has 0 rings (SSSR count). The quantitative estimate of drug-likeness (QED) is 0.534. The van der Waals surface area contributed by atoms with E-state index < -0.39 is 19.2 Å². The average Bonchev–Trinajstić information content (AvgIpc) is 2.10. The van der Waals surface area contributed by atoms with Crippen LogP contribution >= 0.6 is 0 Å². The summed E-state index contributed by atoms with van der Waals surface area (Å²) in [4.78, 5) is 0. The molecule has 0 fully saturated rings. The molecule has 0 saturated carbocycles. The van der Waals surface area contributed by atoms with E-state index in [9.17, 15) is 0 Å². The third-order valence-corrected chi connectivity index (χ3v) is 18.3. The summed E-state index contributed by atoms with van der Waals surface area (Å²) in [6.45, 7) is 1.12. The molecule has 0 aliphatic rings. The van der Waals surface area contributed by atoms with Gasteiger partial charge in [-0.15, -0.1) is 0 Å². The van der Waals surface area contributed by atoms with Crippen LogP contribution in [0, 0.1) is 0 Å². The van der Waals surface area contributed by atoms with Gasteiger partial charge in [-0.25, -0.2) is 0 Å². The molecule has 0 bridgehead atoms. The number of hydrogen-bond acceptors (Lipinski definition) is 4. The van der Waals surface area contributed by atoms with Gasteiger partial charge in [0.25, 0.3) is 0 Å². The molecule has 0 amide bonds. The average molecular weight is 323 g/mol. The standard InChI is InChI=1S/C4H10N.3C2H6N.Sn/c1-3-4-5-2;3*1-3-2;/h5H,1,3-4H2,2H3;3*1-2H3;/q;3*-1;+3. The van der Waals surface area contributed by atoms with Gasteiger partial charge in [-0.05, 0) is 0 Å². The van der Waals surface area contributed by atoms with Crippen molar-refractivity contribution in [3.05, 3.63) is 0 Å². The van der Waals surface area contributed by atoms with Gasteiger partial charge in [0.2, 0.25) is 0 Å². The van der Waals surface area contributed by atoms with Gasteiger partial charge in [0.1, 0.15) is 0 Å². The van der Waals surface area contributed by atoms with Crippen LogP contribution in [0.3, 0.4) is 0 Å². The number of nitrogens with one attached hydrogen (secondary N) is 1. The van der Waals surface area contributed by atoms with Gasteiger partial charge in [-0.2, -0.15) is 0 Å². The van der Waals surface area contributed by atoms with E-state index in [2.05, 4.69) is 57.0 Å². The second-order valence-corrected chi connectivity index (χ2v) is 18.2. The van der Waals surface area contributed by atoms with Crippen LogP contribution in [0.1, 0.15) is 6.42 Å². The SMILES string of the molecule is CNCC[CH2][Sn]([N](C)C)([N](C)C)[N](C)C. The predicted molar refractivity (Wildman–Crippen MR) is 70.2 cm³/mol. The van der Waals surface area contributed by atoms with Crippen molar-refractivity contribution < 1.29 is 0 Å². The summed E-state index contributed by atoms with van der Waals surface area (Å²) < 4.78 is 8.81. The molecule has 1 N–H and O–H groups in total. The van der Waals surface area contributed by atoms with Crippen molar-refractivity contribution in [1.29, 1.82) is 0 Å². The molecule has 0 atom stereocenters. The molecule has 5 heteroatoms. The second-order valence-electron chi connectivity index (χ2n) is 4.66. The van der Waals surface area contributed by atoms with Crippen molar-refractivity contribution >= 4 is 19.2 Å². The van der Waals surface area contributed by atoms with Crippen LogP contribution in [0.5, 0.6) is 0 Å². The molecule has 0 spiro atoms. The molecule has 0 unspecified atom stereocenters. The molecule has 0 aliphatic carbocycles. The summed E-state index contributed by atoms with van der Waals surface area (Å²) in [6, 6.07) is 0. The molecular formula is C10H28N4Sn. The Bertz CT molecular complexity index is 149. The van der Waals surface area contributed by atoms with Crippen LogP contribution in [0.2, 0.25) is 4.44 Å². The Labute approximate surface area is 101 Å². The topological polar surface area (TPSA) is 21.8 Å². The Balaban J connectivity index is 4.65. The minimum absolute atomic E-state index is 1.12. The monoisotopic (exact) mass is 324 g/mol. The fourth-order valence-corrected chi connectivity index (χ4v) is 14.9. The van der Waals surface area contributed by atoms with Crippen LogP contribution in [0.4, 0.5) is 0 Å². The van der Waals surface area contributed by atoms with Crippen molar-refractivity contribution in [3.8, 4) is 0 Å². The molecule has 15 heavy (non-hydrogen) atoms. The molecular weight excluding hydrogens is 295 g/mol. The molecule has 0 radical (unpaired) electrons. The molecule has 0 aromatic heterocycles. The third kappa shape index (κ3) is 3.85. The Morgan fingerprint density at radius 2 is 1.27 bits per heavy atom. The van der Waals surface area contributed by atoms with Crippen LogP contribution < -0.4 is 5.32 Å². The van der Waals surface area contributed by atoms with Gasteiger partial charge in [0.05, 0.1) is 0 Å². The van der Waals surface area contributed by atoms with Crippen molar-refractivity contribution in [2.75, 3.05) is 55.9 Å². The van der Waals surface area contributed by atoms with E-state index in [1.807, 2.05) is 7.05 Å². The Hall–Kier alpha value is 0.639. The van der Waals surface area contributed by atoms with E-state index in [0.29, 0.717) is 0 Å². The summed E-state index contributed by atoms with van der Waals surface area (Å²) in [6.07, 6.45) is 1.27. The summed E-state index contributed by atoms with van der Waals surface area (Å²) in [5, 5.41) is 3.24. The zero-order valence-corrected chi connectivity index (χ0v) is 14.3. The molecule has 4 nitrogen and oxygen atoms in total. The number of nitrogens with zero attached hydrogens (tertiary/aromatic N) is 3. The second kappa shape index (κ2) is 7.06. The fraction of sp³-hybridized carbons (Fsp3) is 1.00. The molecule has 0 aromatic rings. The van der Waals surface area contributed by atoms with Gasteiger partial charge in [-0.3, -0.25) is 0 Å². The number of hydrogen-bond donors (Lipinski definition) is 1. The summed E-state index contributed by atoms with van der Waals surface area (Å²) >= 11 is -2.43. The molecule has 92 valence electrons. The van der Waals surface area contributed by atoms with Crippen LogP contribution in [0.15, 0.2) is 0 Å². The van der Waals surface area contributed by atoms with E-state index in [0.717, 1.165) is 6.54 Å². The maximum absolute atomic E-state index is 3.24. The van der Waals surface area contributed by atoms with Gasteiger partial charge < -0.3 is 0 Å². The third-order valence-electron chi connectivity index (χ3n) is 3.09. The summed E-state index contributed by atoms with van der Waals surface area (Å²) in [5.74, 6) is 0. The van der Waals surface area contributed by atoms with Crippen molar-refractivity contribution in [3.63, 3.8) is 0 Å². The molecule has 0 aromatic carbocycles. The van der Waals surface area contributed by atoms with Crippen LogP contribution in [-0.4, -0.2) is 84.4 Å². The van der Waals surface area contributed by atoms with Crippen LogP contribution in [0.25, 0.3) is 0 Å². The summed E-state index contributed by atoms with van der Waals surface area (Å²) in [5.41, 5.74) is 0. The Morgan fingerprint density at radius 1 is 0.867 bits per heavy atom. The predicted octanol–water partition coefficient (Wildman–Crippen LogP) is 0.220. The van der Waals surface area contributed by atoms with Gasteiger partial charge in [0.15, 0.2) is 0 Å². The minimum atomic E-state index is -2.43. The first kappa shape index (κ1) is 15.6. The maximum atomic E-state index is 3.24. The van der Waals surface area contributed by atoms with E-state index in [4.69, 9.17) is 0 Å². The first-order valence-corrected chi connectivity index (χ1v) is 11.4. The van der Waals surface area contributed by atoms with Crippen molar-refractivity contribution in [2.24, 2.45) is 0 Å². The molecule has 0 saturated heterocycles. The van der Waals surface area contributed by atoms with Crippen molar-refractivity contribution in [2.45, 2.75) is 10.9 Å². The van der Waals surface area contributed by atoms with E-state index in [-0.39, 0.29) is 0 Å². The fourth-order valence-electron chi connectivity index (χ4n) is 2.37. The molecule has 0 aliphatic heterocycles. The Morgan fingerprint density at radius 3 is 1.53 bits per heavy atom.